The van der Waals surface area contributed by atoms with Crippen LogP contribution in [0.15, 0.2) is 236 Å². The predicted octanol–water partition coefficient (Wildman–Crippen LogP) is 19.2. The lowest BCUT2D eigenvalue weighted by Gasteiger charge is -2.06. The number of carbonyl (C=O) groups excluding carboxylic acids is 4. The number of halogens is 12. The van der Waals surface area contributed by atoms with Crippen molar-refractivity contribution in [3.05, 3.63) is 304 Å². The first-order chi connectivity index (χ1) is 42.2. The van der Waals surface area contributed by atoms with Crippen molar-refractivity contribution in [2.75, 3.05) is 26.4 Å². The molecule has 0 aliphatic carbocycles. The minimum absolute atomic E-state index is 0.186. The van der Waals surface area contributed by atoms with Gasteiger partial charge in [-0.05, 0) is 192 Å². The molecule has 8 aromatic rings. The van der Waals surface area contributed by atoms with Crippen LogP contribution < -0.4 is 0 Å². The third-order valence-corrected chi connectivity index (χ3v) is 13.4. The molecular formula is C68H52Br4F8O8. The second-order valence-electron chi connectivity index (χ2n) is 18.1. The van der Waals surface area contributed by atoms with E-state index in [-0.39, 0.29) is 48.7 Å². The van der Waals surface area contributed by atoms with Crippen molar-refractivity contribution in [3.63, 3.8) is 0 Å². The molecular weight excluding hydrogens is 1420 g/mol. The molecule has 8 aromatic carbocycles. The Bertz CT molecular complexity index is 3080. The summed E-state index contributed by atoms with van der Waals surface area (Å²) >= 11 is 13.3. The van der Waals surface area contributed by atoms with Gasteiger partial charge in [-0.15, -0.1) is 0 Å². The summed E-state index contributed by atoms with van der Waals surface area (Å²) in [6, 6.07) is 49.0. The van der Waals surface area contributed by atoms with Gasteiger partial charge < -0.3 is 18.9 Å². The number of ether oxygens (including phenoxy) is 4. The number of rotatable bonds is 20. The highest BCUT2D eigenvalue weighted by atomic mass is 79.9. The SMILES string of the molecule is O=C(OC[C@H](F)/C=C/c1ccc(Br)cc1)c1ccc(F)cc1.O=C(OC[C@H](F)/C=C/c1ccc(Br)cc1)c1ccc(F)cc1.O=C(OC[C@H](F)/C=C/c1ccc(Br)cc1)c1ccc(F)cc1.O=C(OC[C@H](F)/C=C/c1ccc(Br)cc1)c1ccc(F)cc1. The van der Waals surface area contributed by atoms with Gasteiger partial charge in [0.05, 0.1) is 22.3 Å². The molecule has 0 aliphatic heterocycles. The van der Waals surface area contributed by atoms with Crippen molar-refractivity contribution in [1.82, 2.24) is 0 Å². The molecule has 20 heteroatoms. The fourth-order valence-corrected chi connectivity index (χ4v) is 7.74. The Morgan fingerprint density at radius 1 is 0.284 bits per heavy atom. The second kappa shape index (κ2) is 38.3. The van der Waals surface area contributed by atoms with Crippen molar-refractivity contribution in [2.24, 2.45) is 0 Å². The average Bonchev–Trinajstić information content (AvgIpc) is 3.67. The van der Waals surface area contributed by atoms with Gasteiger partial charge in [0.25, 0.3) is 0 Å². The molecule has 88 heavy (non-hydrogen) atoms. The summed E-state index contributed by atoms with van der Waals surface area (Å²) in [5.41, 5.74) is 4.12. The molecule has 0 saturated carbocycles. The molecule has 456 valence electrons. The van der Waals surface area contributed by atoms with Gasteiger partial charge in [0.1, 0.15) is 49.7 Å². The van der Waals surface area contributed by atoms with Gasteiger partial charge in [-0.3, -0.25) is 0 Å². The van der Waals surface area contributed by atoms with E-state index in [4.69, 9.17) is 18.9 Å². The molecule has 0 N–H and O–H groups in total. The smallest absolute Gasteiger partial charge is 0.338 e. The van der Waals surface area contributed by atoms with E-state index in [2.05, 4.69) is 63.7 Å². The number of hydrogen-bond donors (Lipinski definition) is 0. The predicted molar refractivity (Wildman–Crippen MR) is 339 cm³/mol. The van der Waals surface area contributed by atoms with E-state index in [1.54, 1.807) is 24.3 Å². The molecule has 0 heterocycles. The maximum Gasteiger partial charge on any atom is 0.338 e. The van der Waals surface area contributed by atoms with Crippen LogP contribution in [-0.2, 0) is 18.9 Å². The van der Waals surface area contributed by atoms with Crippen molar-refractivity contribution in [3.8, 4) is 0 Å². The quantitative estimate of drug-likeness (QED) is 0.0422. The molecule has 0 aromatic heterocycles. The fraction of sp³-hybridized carbons (Fsp3) is 0.118. The zero-order valence-corrected chi connectivity index (χ0v) is 52.4. The lowest BCUT2D eigenvalue weighted by Crippen LogP contribution is -2.13. The van der Waals surface area contributed by atoms with Crippen LogP contribution in [0.25, 0.3) is 24.3 Å². The molecule has 0 aliphatic rings. The first-order valence-corrected chi connectivity index (χ1v) is 29.4. The molecule has 4 atom stereocenters. The Kier molecular flexibility index (Phi) is 30.8. The molecule has 0 unspecified atom stereocenters. The van der Waals surface area contributed by atoms with Gasteiger partial charge in [-0.2, -0.15) is 0 Å². The highest BCUT2D eigenvalue weighted by molar-refractivity contribution is 9.11. The van der Waals surface area contributed by atoms with Crippen molar-refractivity contribution < 1.29 is 73.2 Å². The van der Waals surface area contributed by atoms with Gasteiger partial charge in [0.15, 0.2) is 24.7 Å². The topological polar surface area (TPSA) is 105 Å². The third kappa shape index (κ3) is 28.2. The second-order valence-corrected chi connectivity index (χ2v) is 21.8. The number of benzene rings is 8. The molecule has 8 nitrogen and oxygen atoms in total. The van der Waals surface area contributed by atoms with E-state index < -0.39 is 71.8 Å². The largest absolute Gasteiger partial charge is 0.459 e. The first kappa shape index (κ1) is 70.7. The van der Waals surface area contributed by atoms with Crippen molar-refractivity contribution in [2.45, 2.75) is 24.7 Å². The zero-order chi connectivity index (χ0) is 63.8. The van der Waals surface area contributed by atoms with Crippen LogP contribution in [0.1, 0.15) is 63.7 Å². The third-order valence-electron chi connectivity index (χ3n) is 11.3. The maximum absolute atomic E-state index is 13.7. The molecule has 0 spiro atoms. The van der Waals surface area contributed by atoms with E-state index in [0.717, 1.165) is 88.7 Å². The van der Waals surface area contributed by atoms with Gasteiger partial charge in [-0.25, -0.2) is 54.3 Å². The lowest BCUT2D eigenvalue weighted by atomic mass is 10.2. The van der Waals surface area contributed by atoms with E-state index in [1.165, 1.54) is 72.8 Å². The normalized spacial score (nSPS) is 12.3. The summed E-state index contributed by atoms with van der Waals surface area (Å²) in [4.78, 5) is 46.5. The van der Waals surface area contributed by atoms with E-state index >= 15 is 0 Å². The number of hydrogen-bond acceptors (Lipinski definition) is 8. The van der Waals surface area contributed by atoms with E-state index in [9.17, 15) is 54.3 Å². The monoisotopic (exact) mass is 1460 g/mol. The summed E-state index contributed by atoms with van der Waals surface area (Å²) in [5, 5.41) is 0. The summed E-state index contributed by atoms with van der Waals surface area (Å²) in [5.74, 6) is -4.51. The molecule has 0 radical (unpaired) electrons. The highest BCUT2D eigenvalue weighted by Gasteiger charge is 2.14. The zero-order valence-electron chi connectivity index (χ0n) is 46.0. The number of esters is 4. The van der Waals surface area contributed by atoms with Crippen LogP contribution in [0, 0.1) is 23.3 Å². The van der Waals surface area contributed by atoms with Gasteiger partial charge in [-0.1, -0.05) is 137 Å². The summed E-state index contributed by atoms with van der Waals surface area (Å²) < 4.78 is 129. The summed E-state index contributed by atoms with van der Waals surface area (Å²) in [7, 11) is 0. The maximum atomic E-state index is 13.7. The molecule has 0 fully saturated rings. The Balaban J connectivity index is 0.000000214. The first-order valence-electron chi connectivity index (χ1n) is 26.2. The standard InChI is InChI=1S/4C17H13BrF2O2/c4*18-14-6-1-12(2-7-14)3-8-16(20)11-22-17(21)13-4-9-15(19)10-5-13/h4*1-10,16H,11H2/b4*8-3+/t4*16-/m1111/s1. The summed E-state index contributed by atoms with van der Waals surface area (Å²) in [6.45, 7) is -1.54. The Morgan fingerprint density at radius 2 is 0.443 bits per heavy atom. The van der Waals surface area contributed by atoms with Crippen LogP contribution in [0.2, 0.25) is 0 Å². The van der Waals surface area contributed by atoms with Crippen LogP contribution in [0.4, 0.5) is 35.1 Å². The van der Waals surface area contributed by atoms with Crippen molar-refractivity contribution in [1.29, 1.82) is 0 Å². The Hall–Kier alpha value is -8.04. The Morgan fingerprint density at radius 3 is 0.602 bits per heavy atom. The molecule has 0 saturated heterocycles. The molecule has 0 amide bonds. The minimum Gasteiger partial charge on any atom is -0.459 e. The Labute approximate surface area is 536 Å². The summed E-state index contributed by atoms with van der Waals surface area (Å²) in [6.07, 6.45) is 6.10. The van der Waals surface area contributed by atoms with Gasteiger partial charge in [0.2, 0.25) is 0 Å². The molecule has 0 bridgehead atoms. The van der Waals surface area contributed by atoms with Crippen LogP contribution >= 0.6 is 63.7 Å². The fourth-order valence-electron chi connectivity index (χ4n) is 6.68. The minimum atomic E-state index is -1.41. The van der Waals surface area contributed by atoms with E-state index in [0.29, 0.717) is 0 Å². The highest BCUT2D eigenvalue weighted by Crippen LogP contribution is 2.18. The lowest BCUT2D eigenvalue weighted by molar-refractivity contribution is 0.0430. The number of carbonyl (C=O) groups is 4. The van der Waals surface area contributed by atoms with E-state index in [1.807, 2.05) is 97.1 Å². The van der Waals surface area contributed by atoms with Crippen LogP contribution in [0.3, 0.4) is 0 Å². The number of alkyl halides is 4. The van der Waals surface area contributed by atoms with Crippen molar-refractivity contribution >= 4 is 112 Å². The van der Waals surface area contributed by atoms with Crippen LogP contribution in [-0.4, -0.2) is 75.0 Å². The average molecular weight is 1470 g/mol. The molecule has 8 rings (SSSR count). The van der Waals surface area contributed by atoms with Gasteiger partial charge in [0, 0.05) is 17.9 Å². The van der Waals surface area contributed by atoms with Crippen LogP contribution in [0.5, 0.6) is 0 Å². The van der Waals surface area contributed by atoms with Gasteiger partial charge >= 0.3 is 23.9 Å².